The van der Waals surface area contributed by atoms with E-state index in [4.69, 9.17) is 0 Å². The predicted molar refractivity (Wildman–Crippen MR) is 98.2 cm³/mol. The van der Waals surface area contributed by atoms with Gasteiger partial charge in [-0.2, -0.15) is 0 Å². The maximum atomic E-state index is 4.61. The van der Waals surface area contributed by atoms with Crippen molar-refractivity contribution in [3.8, 4) is 11.5 Å². The van der Waals surface area contributed by atoms with Crippen molar-refractivity contribution in [1.29, 1.82) is 0 Å². The van der Waals surface area contributed by atoms with Crippen LogP contribution in [0.25, 0.3) is 11.5 Å². The van der Waals surface area contributed by atoms with Crippen LogP contribution in [0, 0.1) is 12.8 Å². The van der Waals surface area contributed by atoms with Gasteiger partial charge in [0.25, 0.3) is 0 Å². The number of hydrogen-bond acceptors (Lipinski definition) is 6. The van der Waals surface area contributed by atoms with Crippen LogP contribution in [0.4, 0.5) is 0 Å². The Morgan fingerprint density at radius 2 is 2.16 bits per heavy atom. The molecular formula is C18H22N6S. The number of aromatic nitrogens is 5. The molecular weight excluding hydrogens is 332 g/mol. The van der Waals surface area contributed by atoms with Gasteiger partial charge >= 0.3 is 0 Å². The smallest absolute Gasteiger partial charge is 0.158 e. The second-order valence-electron chi connectivity index (χ2n) is 6.69. The number of aryl methyl sites for hydroxylation is 1. The second-order valence-corrected chi connectivity index (χ2v) is 7.41. The van der Waals surface area contributed by atoms with Gasteiger partial charge in [-0.05, 0) is 38.6 Å². The van der Waals surface area contributed by atoms with Crippen LogP contribution in [-0.4, -0.2) is 42.9 Å². The fourth-order valence-electron chi connectivity index (χ4n) is 3.53. The second kappa shape index (κ2) is 7.41. The number of hydrogen-bond donors (Lipinski definition) is 1. The molecule has 0 saturated carbocycles. The van der Waals surface area contributed by atoms with Gasteiger partial charge in [-0.1, -0.05) is 0 Å². The molecule has 7 heteroatoms. The van der Waals surface area contributed by atoms with Gasteiger partial charge in [-0.3, -0.25) is 9.88 Å². The normalized spacial score (nSPS) is 18.5. The van der Waals surface area contributed by atoms with Gasteiger partial charge in [0.05, 0.1) is 16.9 Å². The van der Waals surface area contributed by atoms with Crippen LogP contribution in [-0.2, 0) is 13.0 Å². The van der Waals surface area contributed by atoms with Crippen LogP contribution in [0.15, 0.2) is 29.5 Å². The molecule has 1 saturated heterocycles. The Hall–Kier alpha value is -2.12. The van der Waals surface area contributed by atoms with Crippen LogP contribution in [0.5, 0.6) is 0 Å². The molecule has 3 aromatic heterocycles. The van der Waals surface area contributed by atoms with Gasteiger partial charge in [0.1, 0.15) is 5.69 Å². The van der Waals surface area contributed by atoms with E-state index in [0.717, 1.165) is 49.0 Å². The number of nitrogens with zero attached hydrogens (tertiary/aromatic N) is 5. The lowest BCUT2D eigenvalue weighted by Gasteiger charge is -2.32. The van der Waals surface area contributed by atoms with Crippen LogP contribution >= 0.6 is 11.3 Å². The lowest BCUT2D eigenvalue weighted by atomic mass is 9.92. The first kappa shape index (κ1) is 16.4. The molecule has 25 heavy (non-hydrogen) atoms. The molecule has 1 unspecified atom stereocenters. The van der Waals surface area contributed by atoms with Gasteiger partial charge in [0, 0.05) is 42.8 Å². The summed E-state index contributed by atoms with van der Waals surface area (Å²) in [5, 5.41) is 2.14. The molecule has 6 nitrogen and oxygen atoms in total. The maximum Gasteiger partial charge on any atom is 0.158 e. The fraction of sp³-hybridized carbons (Fsp3) is 0.444. The zero-order chi connectivity index (χ0) is 17.1. The SMILES string of the molecule is Cc1cnc(-c2nccnc2CC2CCCN(Cc3cscn3)C2)[nH]1. The molecule has 1 atom stereocenters. The highest BCUT2D eigenvalue weighted by Crippen LogP contribution is 2.25. The number of piperidine rings is 1. The largest absolute Gasteiger partial charge is 0.341 e. The van der Waals surface area contributed by atoms with Gasteiger partial charge in [0.15, 0.2) is 5.82 Å². The number of likely N-dealkylation sites (tertiary alicyclic amines) is 1. The molecule has 0 radical (unpaired) electrons. The van der Waals surface area contributed by atoms with E-state index < -0.39 is 0 Å². The molecule has 0 bridgehead atoms. The van der Waals surface area contributed by atoms with Gasteiger partial charge in [0.2, 0.25) is 0 Å². The van der Waals surface area contributed by atoms with E-state index in [0.29, 0.717) is 5.92 Å². The molecule has 4 rings (SSSR count). The molecule has 1 aliphatic heterocycles. The monoisotopic (exact) mass is 354 g/mol. The standard InChI is InChI=1S/C18H22N6S/c1-13-8-21-18(23-13)17-16(19-4-5-20-17)7-14-3-2-6-24(9-14)10-15-11-25-12-22-15/h4-5,8,11-12,14H,2-3,6-7,9-10H2,1H3,(H,21,23). The Morgan fingerprint density at radius 1 is 1.24 bits per heavy atom. The lowest BCUT2D eigenvalue weighted by molar-refractivity contribution is 0.165. The molecule has 0 aliphatic carbocycles. The summed E-state index contributed by atoms with van der Waals surface area (Å²) in [6, 6.07) is 0. The van der Waals surface area contributed by atoms with E-state index in [1.54, 1.807) is 23.7 Å². The van der Waals surface area contributed by atoms with Gasteiger partial charge < -0.3 is 4.98 Å². The van der Waals surface area contributed by atoms with Crippen LogP contribution < -0.4 is 0 Å². The zero-order valence-corrected chi connectivity index (χ0v) is 15.2. The van der Waals surface area contributed by atoms with E-state index >= 15 is 0 Å². The van der Waals surface area contributed by atoms with Crippen molar-refractivity contribution >= 4 is 11.3 Å². The van der Waals surface area contributed by atoms with Crippen molar-refractivity contribution in [2.75, 3.05) is 13.1 Å². The quantitative estimate of drug-likeness (QED) is 0.762. The minimum absolute atomic E-state index is 0.596. The predicted octanol–water partition coefficient (Wildman–Crippen LogP) is 3.09. The minimum atomic E-state index is 0.596. The molecule has 0 aromatic carbocycles. The number of aromatic amines is 1. The number of thiazole rings is 1. The van der Waals surface area contributed by atoms with E-state index in [-0.39, 0.29) is 0 Å². The van der Waals surface area contributed by atoms with Crippen molar-refractivity contribution in [3.05, 3.63) is 46.6 Å². The summed E-state index contributed by atoms with van der Waals surface area (Å²) in [6.07, 6.45) is 8.77. The molecule has 1 fully saturated rings. The molecule has 4 heterocycles. The highest BCUT2D eigenvalue weighted by molar-refractivity contribution is 7.07. The Kier molecular flexibility index (Phi) is 4.85. The molecule has 0 spiro atoms. The summed E-state index contributed by atoms with van der Waals surface area (Å²) < 4.78 is 0. The highest BCUT2D eigenvalue weighted by Gasteiger charge is 2.23. The van der Waals surface area contributed by atoms with E-state index in [1.165, 1.54) is 18.5 Å². The summed E-state index contributed by atoms with van der Waals surface area (Å²) in [7, 11) is 0. The average molecular weight is 354 g/mol. The van der Waals surface area contributed by atoms with Crippen LogP contribution in [0.3, 0.4) is 0 Å². The van der Waals surface area contributed by atoms with Crippen molar-refractivity contribution in [2.24, 2.45) is 5.92 Å². The number of rotatable bonds is 5. The fourth-order valence-corrected chi connectivity index (χ4v) is 4.08. The first-order valence-electron chi connectivity index (χ1n) is 8.69. The number of nitrogens with one attached hydrogen (secondary N) is 1. The summed E-state index contributed by atoms with van der Waals surface area (Å²) in [4.78, 5) is 23.8. The topological polar surface area (TPSA) is 70.6 Å². The first-order valence-corrected chi connectivity index (χ1v) is 9.63. The van der Waals surface area contributed by atoms with Crippen molar-refractivity contribution < 1.29 is 0 Å². The zero-order valence-electron chi connectivity index (χ0n) is 14.4. The Balaban J connectivity index is 1.47. The Labute approximate surface area is 151 Å². The van der Waals surface area contributed by atoms with Crippen molar-refractivity contribution in [2.45, 2.75) is 32.7 Å². The molecule has 1 aliphatic rings. The summed E-state index contributed by atoms with van der Waals surface area (Å²) in [5.74, 6) is 1.41. The average Bonchev–Trinajstić information content (AvgIpc) is 3.27. The molecule has 130 valence electrons. The Bertz CT molecular complexity index is 813. The van der Waals surface area contributed by atoms with Gasteiger partial charge in [-0.25, -0.2) is 15.0 Å². The summed E-state index contributed by atoms with van der Waals surface area (Å²) >= 11 is 1.67. The van der Waals surface area contributed by atoms with E-state index in [1.807, 2.05) is 18.6 Å². The maximum absolute atomic E-state index is 4.61. The summed E-state index contributed by atoms with van der Waals surface area (Å²) in [5.41, 5.74) is 6.05. The first-order chi connectivity index (χ1) is 12.3. The molecule has 1 N–H and O–H groups in total. The Morgan fingerprint density at radius 3 is 2.96 bits per heavy atom. The minimum Gasteiger partial charge on any atom is -0.341 e. The van der Waals surface area contributed by atoms with Crippen LogP contribution in [0.2, 0.25) is 0 Å². The third-order valence-electron chi connectivity index (χ3n) is 4.66. The van der Waals surface area contributed by atoms with Crippen LogP contribution in [0.1, 0.15) is 29.9 Å². The van der Waals surface area contributed by atoms with Crippen molar-refractivity contribution in [1.82, 2.24) is 29.8 Å². The van der Waals surface area contributed by atoms with Gasteiger partial charge in [-0.15, -0.1) is 11.3 Å². The third-order valence-corrected chi connectivity index (χ3v) is 5.29. The van der Waals surface area contributed by atoms with E-state index in [9.17, 15) is 0 Å². The molecule has 0 amide bonds. The number of H-pyrrole nitrogens is 1. The van der Waals surface area contributed by atoms with E-state index in [2.05, 4.69) is 35.2 Å². The van der Waals surface area contributed by atoms with Crippen molar-refractivity contribution in [3.63, 3.8) is 0 Å². The lowest BCUT2D eigenvalue weighted by Crippen LogP contribution is -2.36. The third kappa shape index (κ3) is 3.93. The highest BCUT2D eigenvalue weighted by atomic mass is 32.1. The summed E-state index contributed by atoms with van der Waals surface area (Å²) in [6.45, 7) is 5.19. The number of imidazole rings is 1. The molecule has 3 aromatic rings.